The molecule has 0 aliphatic carbocycles. The molecule has 0 saturated carbocycles. The summed E-state index contributed by atoms with van der Waals surface area (Å²) in [6, 6.07) is 10.4. The van der Waals surface area contributed by atoms with Crippen molar-refractivity contribution in [2.75, 3.05) is 14.2 Å². The molecule has 0 fully saturated rings. The van der Waals surface area contributed by atoms with Crippen LogP contribution in [0.15, 0.2) is 36.4 Å². The van der Waals surface area contributed by atoms with Crippen LogP contribution < -0.4 is 34.3 Å². The SMILES string of the molecule is COc1cc(-c2ccc([N+]#N)c(OC)c2)ccc1[N+]#N.[Cl-].[Cl-]. The number of methoxy groups -OCH3 is 2. The Morgan fingerprint density at radius 3 is 1.36 bits per heavy atom. The molecular formula is C14H12Cl2N4O2. The topological polar surface area (TPSA) is 74.8 Å². The Hall–Kier alpha value is -2.54. The standard InChI is InChI=1S/C14H12N4O2.2ClH/c1-19-13-7-9(3-5-11(13)17-15)10-4-6-12(18-16)14(8-10)20-2;;/h3-8H,1-2H3;2*1H/q+2;;/p-2. The molecule has 0 bridgehead atoms. The Morgan fingerprint density at radius 2 is 1.09 bits per heavy atom. The first-order valence-corrected chi connectivity index (χ1v) is 5.80. The first-order valence-electron chi connectivity index (χ1n) is 5.80. The lowest BCUT2D eigenvalue weighted by atomic mass is 10.0. The first-order chi connectivity index (χ1) is 9.73. The third kappa shape index (κ3) is 3.76. The van der Waals surface area contributed by atoms with Crippen molar-refractivity contribution in [1.29, 1.82) is 10.8 Å². The number of diazo groups is 2. The van der Waals surface area contributed by atoms with Crippen molar-refractivity contribution in [1.82, 2.24) is 0 Å². The van der Waals surface area contributed by atoms with Crippen LogP contribution in [-0.4, -0.2) is 14.2 Å². The van der Waals surface area contributed by atoms with Gasteiger partial charge in [0.15, 0.2) is 9.95 Å². The van der Waals surface area contributed by atoms with Gasteiger partial charge in [-0.05, 0) is 35.4 Å². The predicted molar refractivity (Wildman–Crippen MR) is 74.5 cm³/mol. The fourth-order valence-corrected chi connectivity index (χ4v) is 1.88. The molecule has 6 nitrogen and oxygen atoms in total. The van der Waals surface area contributed by atoms with Gasteiger partial charge in [0, 0.05) is 12.1 Å². The van der Waals surface area contributed by atoms with E-state index in [1.807, 2.05) is 0 Å². The van der Waals surface area contributed by atoms with Crippen LogP contribution in [0.1, 0.15) is 0 Å². The van der Waals surface area contributed by atoms with Crippen molar-refractivity contribution in [3.63, 3.8) is 0 Å². The summed E-state index contributed by atoms with van der Waals surface area (Å²) in [6.45, 7) is 0. The van der Waals surface area contributed by atoms with Gasteiger partial charge in [-0.3, -0.25) is 0 Å². The largest absolute Gasteiger partial charge is 1.00 e. The van der Waals surface area contributed by atoms with Gasteiger partial charge >= 0.3 is 11.4 Å². The summed E-state index contributed by atoms with van der Waals surface area (Å²) in [6.07, 6.45) is 0. The Bertz CT molecular complexity index is 675. The molecule has 0 saturated heterocycles. The van der Waals surface area contributed by atoms with Crippen LogP contribution >= 0.6 is 0 Å². The van der Waals surface area contributed by atoms with Crippen LogP contribution in [-0.2, 0) is 0 Å². The summed E-state index contributed by atoms with van der Waals surface area (Å²) in [5.41, 5.74) is 2.42. The van der Waals surface area contributed by atoms with Gasteiger partial charge in [-0.1, -0.05) is 0 Å². The van der Waals surface area contributed by atoms with Crippen LogP contribution in [0.2, 0.25) is 0 Å². The number of rotatable bonds is 3. The molecule has 0 aliphatic heterocycles. The molecule has 0 atom stereocenters. The van der Waals surface area contributed by atoms with Crippen molar-refractivity contribution in [3.05, 3.63) is 46.4 Å². The molecule has 0 N–H and O–H groups in total. The van der Waals surface area contributed by atoms with E-state index in [0.717, 1.165) is 11.1 Å². The maximum absolute atomic E-state index is 8.85. The van der Waals surface area contributed by atoms with Gasteiger partial charge in [-0.2, -0.15) is 0 Å². The summed E-state index contributed by atoms with van der Waals surface area (Å²) < 4.78 is 10.3. The quantitative estimate of drug-likeness (QED) is 0.628. The van der Waals surface area contributed by atoms with Gasteiger partial charge in [-0.15, -0.1) is 0 Å². The molecule has 2 aromatic rings. The molecule has 2 rings (SSSR count). The lowest BCUT2D eigenvalue weighted by molar-refractivity contribution is -0.001000. The van der Waals surface area contributed by atoms with Gasteiger partial charge in [0.1, 0.15) is 0 Å². The highest BCUT2D eigenvalue weighted by molar-refractivity contribution is 5.75. The van der Waals surface area contributed by atoms with Crippen molar-refractivity contribution in [2.24, 2.45) is 0 Å². The predicted octanol–water partition coefficient (Wildman–Crippen LogP) is -1.65. The maximum Gasteiger partial charge on any atom is 0.426 e. The molecule has 8 heteroatoms. The normalized spacial score (nSPS) is 8.55. The lowest BCUT2D eigenvalue weighted by Gasteiger charge is -2.04. The number of benzene rings is 2. The maximum atomic E-state index is 8.85. The van der Waals surface area contributed by atoms with E-state index in [0.29, 0.717) is 22.9 Å². The number of hydrogen-bond donors (Lipinski definition) is 0. The van der Waals surface area contributed by atoms with Gasteiger partial charge in [0.2, 0.25) is 22.3 Å². The fraction of sp³-hybridized carbons (Fsp3) is 0.143. The van der Waals surface area contributed by atoms with Crippen molar-refractivity contribution in [2.45, 2.75) is 0 Å². The summed E-state index contributed by atoms with van der Waals surface area (Å²) in [5.74, 6) is 0.916. The lowest BCUT2D eigenvalue weighted by Crippen LogP contribution is -3.00. The van der Waals surface area contributed by atoms with Crippen LogP contribution in [0.4, 0.5) is 11.4 Å². The second-order valence-corrected chi connectivity index (χ2v) is 3.97. The molecule has 0 heterocycles. The summed E-state index contributed by atoms with van der Waals surface area (Å²) in [7, 11) is 3.00. The number of hydrogen-bond acceptors (Lipinski definition) is 4. The van der Waals surface area contributed by atoms with Gasteiger partial charge in [0.25, 0.3) is 0 Å². The van der Waals surface area contributed by atoms with Crippen molar-refractivity contribution >= 4 is 11.4 Å². The van der Waals surface area contributed by atoms with Gasteiger partial charge in [0.05, 0.1) is 14.2 Å². The molecule has 2 aromatic carbocycles. The Balaban J connectivity index is 0.00000220. The molecule has 22 heavy (non-hydrogen) atoms. The van der Waals surface area contributed by atoms with Crippen LogP contribution in [0, 0.1) is 10.8 Å². The Kier molecular flexibility index (Phi) is 7.68. The van der Waals surface area contributed by atoms with Crippen LogP contribution in [0.3, 0.4) is 0 Å². The van der Waals surface area contributed by atoms with Crippen LogP contribution in [0.25, 0.3) is 21.1 Å². The average molecular weight is 339 g/mol. The molecule has 0 aliphatic rings. The second-order valence-electron chi connectivity index (χ2n) is 3.97. The zero-order valence-electron chi connectivity index (χ0n) is 11.8. The van der Waals surface area contributed by atoms with Gasteiger partial charge in [-0.25, -0.2) is 0 Å². The van der Waals surface area contributed by atoms with E-state index in [1.54, 1.807) is 36.4 Å². The van der Waals surface area contributed by atoms with E-state index in [4.69, 9.17) is 20.3 Å². The summed E-state index contributed by atoms with van der Waals surface area (Å²) >= 11 is 0. The minimum Gasteiger partial charge on any atom is -1.00 e. The van der Waals surface area contributed by atoms with Crippen molar-refractivity contribution < 1.29 is 34.3 Å². The third-order valence-corrected chi connectivity index (χ3v) is 2.91. The van der Waals surface area contributed by atoms with E-state index in [-0.39, 0.29) is 24.8 Å². The summed E-state index contributed by atoms with van der Waals surface area (Å²) in [4.78, 5) is 6.28. The number of nitrogens with zero attached hydrogens (tertiary/aromatic N) is 4. The van der Waals surface area contributed by atoms with E-state index < -0.39 is 0 Å². The van der Waals surface area contributed by atoms with E-state index in [9.17, 15) is 0 Å². The zero-order chi connectivity index (χ0) is 14.5. The smallest absolute Gasteiger partial charge is 0.426 e. The van der Waals surface area contributed by atoms with E-state index >= 15 is 0 Å². The molecule has 114 valence electrons. The highest BCUT2D eigenvalue weighted by Crippen LogP contribution is 2.36. The molecule has 0 spiro atoms. The molecule has 0 unspecified atom stereocenters. The van der Waals surface area contributed by atoms with Crippen molar-refractivity contribution in [3.8, 4) is 22.6 Å². The monoisotopic (exact) mass is 338 g/mol. The molecule has 0 aromatic heterocycles. The minimum atomic E-state index is 0. The highest BCUT2D eigenvalue weighted by atomic mass is 35.5. The van der Waals surface area contributed by atoms with Gasteiger partial charge < -0.3 is 34.3 Å². The molecule has 0 radical (unpaired) electrons. The molecular weight excluding hydrogens is 327 g/mol. The number of ether oxygens (including phenoxy) is 2. The van der Waals surface area contributed by atoms with E-state index in [2.05, 4.69) is 9.95 Å². The minimum absolute atomic E-state index is 0. The second kappa shape index (κ2) is 8.68. The fourth-order valence-electron chi connectivity index (χ4n) is 1.88. The average Bonchev–Trinajstić information content (AvgIpc) is 2.53. The Morgan fingerprint density at radius 1 is 0.727 bits per heavy atom. The summed E-state index contributed by atoms with van der Waals surface area (Å²) in [5, 5.41) is 17.7. The number of halogens is 2. The zero-order valence-corrected chi connectivity index (χ0v) is 13.3. The highest BCUT2D eigenvalue weighted by Gasteiger charge is 2.18. The third-order valence-electron chi connectivity index (χ3n) is 2.91. The molecule has 0 amide bonds. The van der Waals surface area contributed by atoms with E-state index in [1.165, 1.54) is 14.2 Å². The Labute approximate surface area is 140 Å². The van der Waals surface area contributed by atoms with Crippen LogP contribution in [0.5, 0.6) is 11.5 Å². The first kappa shape index (κ1) is 19.5.